The second-order valence-electron chi connectivity index (χ2n) is 4.34. The van der Waals surface area contributed by atoms with Gasteiger partial charge in [0, 0.05) is 11.3 Å². The van der Waals surface area contributed by atoms with Crippen molar-refractivity contribution in [3.8, 4) is 0 Å². The van der Waals surface area contributed by atoms with E-state index in [1.165, 1.54) is 0 Å². The standard InChI is InChI=1S/C14H16ClNO2S/c15-10-3-4-11-19(17,18)16-14-9-5-7-12-6-1-2-8-13(12)14/h1-2,5-9,16H,3-4,10-11H2. The monoisotopic (exact) mass is 297 g/mol. The van der Waals surface area contributed by atoms with Crippen molar-refractivity contribution in [2.75, 3.05) is 16.4 Å². The van der Waals surface area contributed by atoms with Gasteiger partial charge in [0.15, 0.2) is 0 Å². The average Bonchev–Trinajstić information content (AvgIpc) is 2.39. The van der Waals surface area contributed by atoms with Crippen LogP contribution in [0.5, 0.6) is 0 Å². The maximum Gasteiger partial charge on any atom is 0.232 e. The highest BCUT2D eigenvalue weighted by molar-refractivity contribution is 7.92. The van der Waals surface area contributed by atoms with Gasteiger partial charge in [0.2, 0.25) is 10.0 Å². The molecule has 0 heterocycles. The molecule has 2 aromatic rings. The predicted octanol–water partition coefficient (Wildman–Crippen LogP) is 3.60. The van der Waals surface area contributed by atoms with Gasteiger partial charge in [-0.05, 0) is 24.3 Å². The van der Waals surface area contributed by atoms with Crippen LogP contribution < -0.4 is 4.72 Å². The van der Waals surface area contributed by atoms with Gasteiger partial charge in [-0.25, -0.2) is 8.42 Å². The van der Waals surface area contributed by atoms with E-state index in [9.17, 15) is 8.42 Å². The first-order chi connectivity index (χ1) is 9.12. The van der Waals surface area contributed by atoms with Gasteiger partial charge in [0.25, 0.3) is 0 Å². The highest BCUT2D eigenvalue weighted by Gasteiger charge is 2.11. The highest BCUT2D eigenvalue weighted by Crippen LogP contribution is 2.24. The van der Waals surface area contributed by atoms with Crippen molar-refractivity contribution in [2.45, 2.75) is 12.8 Å². The summed E-state index contributed by atoms with van der Waals surface area (Å²) < 4.78 is 26.6. The van der Waals surface area contributed by atoms with E-state index in [1.54, 1.807) is 6.07 Å². The van der Waals surface area contributed by atoms with E-state index in [4.69, 9.17) is 11.6 Å². The van der Waals surface area contributed by atoms with Gasteiger partial charge in [0.1, 0.15) is 0 Å². The highest BCUT2D eigenvalue weighted by atomic mass is 35.5. The fraction of sp³-hybridized carbons (Fsp3) is 0.286. The van der Waals surface area contributed by atoms with Crippen molar-refractivity contribution >= 4 is 38.1 Å². The first-order valence-electron chi connectivity index (χ1n) is 6.16. The summed E-state index contributed by atoms with van der Waals surface area (Å²) in [6, 6.07) is 13.3. The maximum atomic E-state index is 12.0. The zero-order valence-electron chi connectivity index (χ0n) is 10.5. The van der Waals surface area contributed by atoms with Crippen LogP contribution in [0.1, 0.15) is 12.8 Å². The molecule has 0 bridgehead atoms. The number of nitrogens with one attached hydrogen (secondary N) is 1. The fourth-order valence-electron chi connectivity index (χ4n) is 1.92. The molecule has 0 spiro atoms. The number of anilines is 1. The number of sulfonamides is 1. The second-order valence-corrected chi connectivity index (χ2v) is 6.56. The van der Waals surface area contributed by atoms with Gasteiger partial charge in [0.05, 0.1) is 11.4 Å². The Morgan fingerprint density at radius 2 is 1.74 bits per heavy atom. The van der Waals surface area contributed by atoms with E-state index in [0.717, 1.165) is 10.8 Å². The average molecular weight is 298 g/mol. The van der Waals surface area contributed by atoms with Crippen LogP contribution in [-0.2, 0) is 10.0 Å². The molecule has 0 aliphatic carbocycles. The van der Waals surface area contributed by atoms with E-state index in [1.807, 2.05) is 36.4 Å². The molecule has 0 unspecified atom stereocenters. The molecule has 0 amide bonds. The van der Waals surface area contributed by atoms with E-state index in [2.05, 4.69) is 4.72 Å². The summed E-state index contributed by atoms with van der Waals surface area (Å²) in [5, 5.41) is 1.93. The Balaban J connectivity index is 2.21. The van der Waals surface area contributed by atoms with Crippen LogP contribution in [0.25, 0.3) is 10.8 Å². The summed E-state index contributed by atoms with van der Waals surface area (Å²) in [4.78, 5) is 0. The normalized spacial score (nSPS) is 11.6. The number of halogens is 1. The number of alkyl halides is 1. The van der Waals surface area contributed by atoms with Gasteiger partial charge in [-0.2, -0.15) is 0 Å². The van der Waals surface area contributed by atoms with Crippen LogP contribution in [0.15, 0.2) is 42.5 Å². The van der Waals surface area contributed by atoms with Gasteiger partial charge in [-0.1, -0.05) is 36.4 Å². The van der Waals surface area contributed by atoms with Crippen molar-refractivity contribution in [1.82, 2.24) is 0 Å². The van der Waals surface area contributed by atoms with Crippen LogP contribution in [0, 0.1) is 0 Å². The molecule has 102 valence electrons. The first kappa shape index (κ1) is 14.2. The summed E-state index contributed by atoms with van der Waals surface area (Å²) in [6.45, 7) is 0. The minimum Gasteiger partial charge on any atom is -0.283 e. The number of hydrogen-bond acceptors (Lipinski definition) is 2. The molecule has 0 radical (unpaired) electrons. The van der Waals surface area contributed by atoms with Crippen LogP contribution in [0.2, 0.25) is 0 Å². The lowest BCUT2D eigenvalue weighted by molar-refractivity contribution is 0.598. The third kappa shape index (κ3) is 3.85. The molecule has 19 heavy (non-hydrogen) atoms. The molecule has 0 aliphatic rings. The molecular formula is C14H16ClNO2S. The second kappa shape index (κ2) is 6.26. The Morgan fingerprint density at radius 1 is 1.00 bits per heavy atom. The third-order valence-corrected chi connectivity index (χ3v) is 4.48. The van der Waals surface area contributed by atoms with E-state index >= 15 is 0 Å². The molecule has 0 saturated carbocycles. The molecule has 0 atom stereocenters. The molecule has 0 fully saturated rings. The molecular weight excluding hydrogens is 282 g/mol. The van der Waals surface area contributed by atoms with Gasteiger partial charge < -0.3 is 0 Å². The molecule has 3 nitrogen and oxygen atoms in total. The zero-order valence-corrected chi connectivity index (χ0v) is 12.0. The molecule has 5 heteroatoms. The van der Waals surface area contributed by atoms with Crippen LogP contribution >= 0.6 is 11.6 Å². The topological polar surface area (TPSA) is 46.2 Å². The SMILES string of the molecule is O=S(=O)(CCCCCl)Nc1cccc2ccccc12. The lowest BCUT2D eigenvalue weighted by Gasteiger charge is -2.10. The lowest BCUT2D eigenvalue weighted by Crippen LogP contribution is -2.16. The fourth-order valence-corrected chi connectivity index (χ4v) is 3.31. The Morgan fingerprint density at radius 3 is 2.53 bits per heavy atom. The zero-order chi connectivity index (χ0) is 13.7. The summed E-state index contributed by atoms with van der Waals surface area (Å²) >= 11 is 5.55. The van der Waals surface area contributed by atoms with Gasteiger partial charge in [-0.15, -0.1) is 11.6 Å². The van der Waals surface area contributed by atoms with E-state index in [0.29, 0.717) is 24.4 Å². The minimum atomic E-state index is -3.31. The largest absolute Gasteiger partial charge is 0.283 e. The van der Waals surface area contributed by atoms with Crippen LogP contribution in [0.4, 0.5) is 5.69 Å². The van der Waals surface area contributed by atoms with Gasteiger partial charge in [-0.3, -0.25) is 4.72 Å². The number of hydrogen-bond donors (Lipinski definition) is 1. The van der Waals surface area contributed by atoms with Crippen molar-refractivity contribution in [3.05, 3.63) is 42.5 Å². The van der Waals surface area contributed by atoms with Gasteiger partial charge >= 0.3 is 0 Å². The first-order valence-corrected chi connectivity index (χ1v) is 8.35. The van der Waals surface area contributed by atoms with E-state index in [-0.39, 0.29) is 5.75 Å². The quantitative estimate of drug-likeness (QED) is 0.654. The third-order valence-electron chi connectivity index (χ3n) is 2.85. The number of fused-ring (bicyclic) bond motifs is 1. The summed E-state index contributed by atoms with van der Waals surface area (Å²) in [5.41, 5.74) is 0.629. The molecule has 0 aliphatic heterocycles. The number of benzene rings is 2. The van der Waals surface area contributed by atoms with Crippen LogP contribution in [-0.4, -0.2) is 20.1 Å². The minimum absolute atomic E-state index is 0.100. The molecule has 1 N–H and O–H groups in total. The molecule has 0 saturated heterocycles. The number of rotatable bonds is 6. The Labute approximate surface area is 118 Å². The van der Waals surface area contributed by atoms with Crippen molar-refractivity contribution in [3.63, 3.8) is 0 Å². The van der Waals surface area contributed by atoms with Crippen LogP contribution in [0.3, 0.4) is 0 Å². The smallest absolute Gasteiger partial charge is 0.232 e. The predicted molar refractivity (Wildman–Crippen MR) is 81.3 cm³/mol. The summed E-state index contributed by atoms with van der Waals surface area (Å²) in [7, 11) is -3.31. The Bertz CT molecular complexity index is 650. The lowest BCUT2D eigenvalue weighted by atomic mass is 10.1. The van der Waals surface area contributed by atoms with E-state index < -0.39 is 10.0 Å². The number of unbranched alkanes of at least 4 members (excludes halogenated alkanes) is 1. The van der Waals surface area contributed by atoms with Crippen molar-refractivity contribution < 1.29 is 8.42 Å². The summed E-state index contributed by atoms with van der Waals surface area (Å²) in [5.74, 6) is 0.590. The molecule has 2 aromatic carbocycles. The van der Waals surface area contributed by atoms with Crippen molar-refractivity contribution in [1.29, 1.82) is 0 Å². The molecule has 2 rings (SSSR count). The van der Waals surface area contributed by atoms with Crippen molar-refractivity contribution in [2.24, 2.45) is 0 Å². The molecule has 0 aromatic heterocycles. The Kier molecular flexibility index (Phi) is 4.66. The summed E-state index contributed by atoms with van der Waals surface area (Å²) in [6.07, 6.45) is 1.28. The maximum absolute atomic E-state index is 12.0. The Hall–Kier alpha value is -1.26.